The van der Waals surface area contributed by atoms with Crippen LogP contribution < -0.4 is 4.74 Å². The van der Waals surface area contributed by atoms with Gasteiger partial charge in [0, 0.05) is 10.6 Å². The highest BCUT2D eigenvalue weighted by Gasteiger charge is 2.54. The van der Waals surface area contributed by atoms with Crippen molar-refractivity contribution in [1.29, 1.82) is 0 Å². The number of imide groups is 1. The Hall–Kier alpha value is -3.16. The Labute approximate surface area is 213 Å². The molecule has 182 valence electrons. The number of ketones is 1. The number of amides is 3. The highest BCUT2D eigenvalue weighted by atomic mass is 35.5. The molecule has 3 amide bonds. The van der Waals surface area contributed by atoms with Gasteiger partial charge >= 0.3 is 0 Å². The fourth-order valence-corrected chi connectivity index (χ4v) is 5.17. The molecule has 0 aromatic heterocycles. The maximum atomic E-state index is 13.8. The summed E-state index contributed by atoms with van der Waals surface area (Å²) < 4.78 is 5.14. The van der Waals surface area contributed by atoms with Crippen LogP contribution in [0.5, 0.6) is 5.75 Å². The summed E-state index contributed by atoms with van der Waals surface area (Å²) in [7, 11) is 1.51. The number of rotatable bonds is 6. The Kier molecular flexibility index (Phi) is 7.01. The standard InChI is InChI=1S/C26H24Cl2N2O5/c1-14-5-4-6-20-22(14)26(34)30(25(20)33)29(24(32)19-12-9-17(27)13-21(19)28)15(2)23(31)16-7-10-18(35-3)11-8-16/h4-5,7-15,20,22H,6H2,1-3H3/t14-,15-,20+,22-/m0/s1. The lowest BCUT2D eigenvalue weighted by Crippen LogP contribution is -2.56. The Morgan fingerprint density at radius 3 is 2.37 bits per heavy atom. The van der Waals surface area contributed by atoms with Crippen LogP contribution >= 0.6 is 23.2 Å². The second-order valence-corrected chi connectivity index (χ2v) is 9.53. The summed E-state index contributed by atoms with van der Waals surface area (Å²) >= 11 is 12.3. The van der Waals surface area contributed by atoms with E-state index in [4.69, 9.17) is 27.9 Å². The van der Waals surface area contributed by atoms with E-state index in [2.05, 4.69) is 0 Å². The minimum Gasteiger partial charge on any atom is -0.497 e. The largest absolute Gasteiger partial charge is 0.497 e. The number of hydrazine groups is 1. The fourth-order valence-electron chi connectivity index (χ4n) is 4.68. The van der Waals surface area contributed by atoms with Gasteiger partial charge in [0.1, 0.15) is 11.8 Å². The molecule has 0 spiro atoms. The summed E-state index contributed by atoms with van der Waals surface area (Å²) in [5, 5.41) is 2.15. The maximum absolute atomic E-state index is 13.8. The third-order valence-corrected chi connectivity index (χ3v) is 7.10. The van der Waals surface area contributed by atoms with Gasteiger partial charge in [0.05, 0.1) is 29.5 Å². The number of carbonyl (C=O) groups is 4. The first-order valence-corrected chi connectivity index (χ1v) is 11.9. The molecule has 0 unspecified atom stereocenters. The Balaban J connectivity index is 1.77. The van der Waals surface area contributed by atoms with Gasteiger partial charge in [-0.25, -0.2) is 5.01 Å². The monoisotopic (exact) mass is 514 g/mol. The van der Waals surface area contributed by atoms with Gasteiger partial charge in [-0.05, 0) is 61.7 Å². The van der Waals surface area contributed by atoms with E-state index >= 15 is 0 Å². The maximum Gasteiger partial charge on any atom is 0.275 e. The molecule has 2 aromatic carbocycles. The molecule has 1 aliphatic carbocycles. The van der Waals surface area contributed by atoms with Crippen molar-refractivity contribution in [2.75, 3.05) is 7.11 Å². The average molecular weight is 515 g/mol. The number of hydrogen-bond acceptors (Lipinski definition) is 5. The molecule has 0 radical (unpaired) electrons. The lowest BCUT2D eigenvalue weighted by Gasteiger charge is -2.35. The highest BCUT2D eigenvalue weighted by Crippen LogP contribution is 2.40. The molecule has 4 atom stereocenters. The fraction of sp³-hybridized carbons (Fsp3) is 0.308. The first kappa shape index (κ1) is 24.9. The van der Waals surface area contributed by atoms with E-state index in [1.165, 1.54) is 32.2 Å². The molecule has 35 heavy (non-hydrogen) atoms. The van der Waals surface area contributed by atoms with E-state index in [0.717, 1.165) is 10.0 Å². The number of methoxy groups -OCH3 is 1. The Morgan fingerprint density at radius 1 is 1.09 bits per heavy atom. The second-order valence-electron chi connectivity index (χ2n) is 8.69. The lowest BCUT2D eigenvalue weighted by molar-refractivity contribution is -0.156. The molecule has 4 rings (SSSR count). The SMILES string of the molecule is COc1ccc(C(=O)[C@H](C)N(C(=O)c2ccc(Cl)cc2Cl)N2C(=O)[C@H]3[C@@H](C)C=CC[C@H]3C2=O)cc1. The van der Waals surface area contributed by atoms with Gasteiger partial charge in [-0.1, -0.05) is 42.3 Å². The number of Topliss-reactive ketones (excluding diaryl/α,β-unsaturated/α-hetero) is 1. The number of nitrogens with zero attached hydrogens (tertiary/aromatic N) is 2. The van der Waals surface area contributed by atoms with E-state index in [1.807, 2.05) is 19.1 Å². The molecule has 2 aromatic rings. The van der Waals surface area contributed by atoms with Gasteiger partial charge in [-0.2, -0.15) is 5.01 Å². The third-order valence-electron chi connectivity index (χ3n) is 6.56. The van der Waals surface area contributed by atoms with Crippen molar-refractivity contribution in [3.63, 3.8) is 0 Å². The number of benzene rings is 2. The number of carbonyl (C=O) groups excluding carboxylic acids is 4. The second kappa shape index (κ2) is 9.84. The van der Waals surface area contributed by atoms with Crippen LogP contribution in [0.4, 0.5) is 0 Å². The molecule has 0 saturated carbocycles. The van der Waals surface area contributed by atoms with Crippen LogP contribution in [0.1, 0.15) is 41.0 Å². The number of allylic oxidation sites excluding steroid dienone is 2. The minimum atomic E-state index is -1.18. The summed E-state index contributed by atoms with van der Waals surface area (Å²) in [6, 6.07) is 9.47. The van der Waals surface area contributed by atoms with Crippen molar-refractivity contribution in [2.24, 2.45) is 17.8 Å². The average Bonchev–Trinajstić information content (AvgIpc) is 3.09. The molecule has 0 N–H and O–H groups in total. The van der Waals surface area contributed by atoms with Crippen LogP contribution in [0.3, 0.4) is 0 Å². The zero-order chi connectivity index (χ0) is 25.4. The van der Waals surface area contributed by atoms with Crippen molar-refractivity contribution >= 4 is 46.7 Å². The van der Waals surface area contributed by atoms with E-state index in [-0.39, 0.29) is 16.5 Å². The molecular weight excluding hydrogens is 491 g/mol. The van der Waals surface area contributed by atoms with Gasteiger partial charge in [0.25, 0.3) is 17.7 Å². The molecule has 7 nitrogen and oxygen atoms in total. The molecule has 1 aliphatic heterocycles. The normalized spacial score (nSPS) is 22.1. The van der Waals surface area contributed by atoms with E-state index in [1.54, 1.807) is 24.3 Å². The predicted octanol–water partition coefficient (Wildman–Crippen LogP) is 4.83. The third kappa shape index (κ3) is 4.46. The molecule has 0 bridgehead atoms. The Bertz CT molecular complexity index is 1230. The number of halogens is 2. The zero-order valence-electron chi connectivity index (χ0n) is 19.4. The molecule has 9 heteroatoms. The van der Waals surface area contributed by atoms with Crippen molar-refractivity contribution < 1.29 is 23.9 Å². The summed E-state index contributed by atoms with van der Waals surface area (Å²) in [5.74, 6) is -3.04. The van der Waals surface area contributed by atoms with Crippen molar-refractivity contribution in [3.05, 3.63) is 75.8 Å². The first-order valence-electron chi connectivity index (χ1n) is 11.2. The summed E-state index contributed by atoms with van der Waals surface area (Å²) in [5.41, 5.74) is 0.317. The topological polar surface area (TPSA) is 84.0 Å². The van der Waals surface area contributed by atoms with Gasteiger partial charge in [-0.15, -0.1) is 0 Å². The van der Waals surface area contributed by atoms with Crippen molar-refractivity contribution in [3.8, 4) is 5.75 Å². The van der Waals surface area contributed by atoms with Crippen LogP contribution in [-0.4, -0.2) is 46.7 Å². The highest BCUT2D eigenvalue weighted by molar-refractivity contribution is 6.36. The molecule has 2 aliphatic rings. The summed E-state index contributed by atoms with van der Waals surface area (Å²) in [4.78, 5) is 54.2. The lowest BCUT2D eigenvalue weighted by atomic mass is 9.78. The zero-order valence-corrected chi connectivity index (χ0v) is 20.9. The Morgan fingerprint density at radius 2 is 1.77 bits per heavy atom. The molecular formula is C26H24Cl2N2O5. The molecule has 1 saturated heterocycles. The van der Waals surface area contributed by atoms with Gasteiger partial charge in [-0.3, -0.25) is 19.2 Å². The quantitative estimate of drug-likeness (QED) is 0.313. The van der Waals surface area contributed by atoms with Gasteiger partial charge in [0.2, 0.25) is 0 Å². The smallest absolute Gasteiger partial charge is 0.275 e. The van der Waals surface area contributed by atoms with Crippen LogP contribution in [0.2, 0.25) is 10.0 Å². The number of hydrogen-bond donors (Lipinski definition) is 0. The first-order chi connectivity index (χ1) is 16.6. The summed E-state index contributed by atoms with van der Waals surface area (Å²) in [6.45, 7) is 3.34. The van der Waals surface area contributed by atoms with Crippen LogP contribution in [-0.2, 0) is 9.59 Å². The summed E-state index contributed by atoms with van der Waals surface area (Å²) in [6.07, 6.45) is 4.15. The van der Waals surface area contributed by atoms with Crippen LogP contribution in [0, 0.1) is 17.8 Å². The van der Waals surface area contributed by atoms with E-state index < -0.39 is 41.4 Å². The van der Waals surface area contributed by atoms with Crippen LogP contribution in [0.15, 0.2) is 54.6 Å². The van der Waals surface area contributed by atoms with Gasteiger partial charge < -0.3 is 4.74 Å². The molecule has 1 fully saturated rings. The van der Waals surface area contributed by atoms with Crippen molar-refractivity contribution in [2.45, 2.75) is 26.3 Å². The predicted molar refractivity (Wildman–Crippen MR) is 131 cm³/mol. The van der Waals surface area contributed by atoms with Gasteiger partial charge in [0.15, 0.2) is 5.78 Å². The van der Waals surface area contributed by atoms with Crippen molar-refractivity contribution in [1.82, 2.24) is 10.0 Å². The number of ether oxygens (including phenoxy) is 1. The molecule has 1 heterocycles. The minimum absolute atomic E-state index is 0.0205. The van der Waals surface area contributed by atoms with E-state index in [9.17, 15) is 19.2 Å². The van der Waals surface area contributed by atoms with E-state index in [0.29, 0.717) is 22.8 Å². The van der Waals surface area contributed by atoms with Crippen LogP contribution in [0.25, 0.3) is 0 Å². The number of fused-ring (bicyclic) bond motifs is 1.